The van der Waals surface area contributed by atoms with Crippen molar-refractivity contribution in [2.45, 2.75) is 18.0 Å². The summed E-state index contributed by atoms with van der Waals surface area (Å²) in [4.78, 5) is 12.3. The molecule has 0 spiro atoms. The van der Waals surface area contributed by atoms with Gasteiger partial charge in [0.25, 0.3) is 10.0 Å². The van der Waals surface area contributed by atoms with Gasteiger partial charge < -0.3 is 5.32 Å². The van der Waals surface area contributed by atoms with E-state index in [2.05, 4.69) is 5.32 Å². The maximum absolute atomic E-state index is 13.1. The summed E-state index contributed by atoms with van der Waals surface area (Å²) in [6, 6.07) is 11.9. The van der Waals surface area contributed by atoms with E-state index in [1.54, 1.807) is 19.1 Å². The topological polar surface area (TPSA) is 113 Å². The Kier molecular flexibility index (Phi) is 8.56. The molecule has 1 amide bonds. The molecule has 204 valence electrons. The van der Waals surface area contributed by atoms with Crippen molar-refractivity contribution in [3.8, 4) is 0 Å². The van der Waals surface area contributed by atoms with Gasteiger partial charge in [0.15, 0.2) is 0 Å². The van der Waals surface area contributed by atoms with Crippen LogP contribution in [-0.4, -0.2) is 35.5 Å². The number of nitrogens with one attached hydrogen (secondary N) is 2. The van der Waals surface area contributed by atoms with Crippen molar-refractivity contribution < 1.29 is 34.8 Å². The molecular formula is C23H20Cl2F3N3O5S2. The highest BCUT2D eigenvalue weighted by Gasteiger charge is 2.33. The van der Waals surface area contributed by atoms with E-state index in [4.69, 9.17) is 23.2 Å². The minimum absolute atomic E-state index is 0.149. The molecule has 8 nitrogen and oxygen atoms in total. The second kappa shape index (κ2) is 11.0. The molecule has 0 unspecified atom stereocenters. The maximum atomic E-state index is 13.1. The average molecular weight is 610 g/mol. The van der Waals surface area contributed by atoms with E-state index in [0.29, 0.717) is 11.6 Å². The van der Waals surface area contributed by atoms with Crippen LogP contribution in [0.1, 0.15) is 11.1 Å². The fraction of sp³-hybridized carbons (Fsp3) is 0.174. The molecular weight excluding hydrogens is 590 g/mol. The van der Waals surface area contributed by atoms with Gasteiger partial charge in [0, 0.05) is 16.4 Å². The number of hydrogen-bond donors (Lipinski definition) is 2. The van der Waals surface area contributed by atoms with E-state index < -0.39 is 49.3 Å². The number of benzene rings is 3. The second-order valence-corrected chi connectivity index (χ2v) is 12.5. The lowest BCUT2D eigenvalue weighted by molar-refractivity contribution is -0.137. The Morgan fingerprint density at radius 2 is 1.53 bits per heavy atom. The largest absolute Gasteiger partial charge is 0.417 e. The molecule has 3 aromatic rings. The molecule has 0 saturated heterocycles. The molecule has 0 bridgehead atoms. The Morgan fingerprint density at radius 3 is 2.11 bits per heavy atom. The van der Waals surface area contributed by atoms with E-state index in [1.807, 2.05) is 4.72 Å². The van der Waals surface area contributed by atoms with Gasteiger partial charge in [-0.2, -0.15) is 13.2 Å². The predicted octanol–water partition coefficient (Wildman–Crippen LogP) is 5.53. The van der Waals surface area contributed by atoms with Crippen molar-refractivity contribution >= 4 is 66.2 Å². The molecule has 38 heavy (non-hydrogen) atoms. The molecule has 0 atom stereocenters. The molecule has 0 saturated carbocycles. The predicted molar refractivity (Wildman–Crippen MR) is 141 cm³/mol. The molecule has 0 heterocycles. The molecule has 0 aliphatic rings. The number of nitrogens with zero attached hydrogens (tertiary/aromatic N) is 1. The van der Waals surface area contributed by atoms with Crippen molar-refractivity contribution in [3.05, 3.63) is 81.8 Å². The van der Waals surface area contributed by atoms with Crippen molar-refractivity contribution in [3.63, 3.8) is 0 Å². The monoisotopic (exact) mass is 609 g/mol. The molecule has 0 aliphatic heterocycles. The van der Waals surface area contributed by atoms with Crippen molar-refractivity contribution in [1.29, 1.82) is 0 Å². The highest BCUT2D eigenvalue weighted by atomic mass is 35.5. The van der Waals surface area contributed by atoms with Gasteiger partial charge in [0.05, 0.1) is 27.4 Å². The quantitative estimate of drug-likeness (QED) is 0.349. The minimum atomic E-state index is -4.78. The Balaban J connectivity index is 1.76. The Labute approximate surface area is 227 Å². The molecule has 15 heteroatoms. The first-order valence-electron chi connectivity index (χ1n) is 10.5. The fourth-order valence-corrected chi connectivity index (χ4v) is 5.65. The Bertz CT molecular complexity index is 1580. The number of rotatable bonds is 8. The van der Waals surface area contributed by atoms with Crippen LogP contribution in [0.15, 0.2) is 65.6 Å². The van der Waals surface area contributed by atoms with Gasteiger partial charge in [0.2, 0.25) is 15.9 Å². The fourth-order valence-electron chi connectivity index (χ4n) is 3.30. The van der Waals surface area contributed by atoms with Crippen LogP contribution >= 0.6 is 23.2 Å². The third kappa shape index (κ3) is 7.31. The number of carbonyl (C=O) groups is 1. The van der Waals surface area contributed by atoms with Gasteiger partial charge in [-0.1, -0.05) is 29.3 Å². The Morgan fingerprint density at radius 1 is 0.921 bits per heavy atom. The first-order chi connectivity index (χ1) is 17.5. The molecule has 3 rings (SSSR count). The van der Waals surface area contributed by atoms with E-state index in [0.717, 1.165) is 34.8 Å². The third-order valence-corrected chi connectivity index (χ3v) is 8.19. The van der Waals surface area contributed by atoms with E-state index in [-0.39, 0.29) is 27.0 Å². The van der Waals surface area contributed by atoms with Crippen LogP contribution < -0.4 is 14.3 Å². The number of aryl methyl sites for hydroxylation is 1. The molecule has 0 fully saturated rings. The van der Waals surface area contributed by atoms with Gasteiger partial charge in [-0.3, -0.25) is 13.8 Å². The summed E-state index contributed by atoms with van der Waals surface area (Å²) in [5.74, 6) is -0.718. The van der Waals surface area contributed by atoms with E-state index >= 15 is 0 Å². The van der Waals surface area contributed by atoms with Gasteiger partial charge in [0.1, 0.15) is 6.54 Å². The standard InChI is InChI=1S/C23H20Cl2F3N3O5S2/c1-14-3-4-15(24)11-21(14)31(37(2,33)34)13-22(32)29-16-5-8-18(9-6-16)38(35,36)30-17-7-10-20(25)19(12-17)23(26,27)28/h3-12,30H,13H2,1-2H3,(H,29,32). The number of alkyl halides is 3. The first kappa shape index (κ1) is 29.6. The summed E-state index contributed by atoms with van der Waals surface area (Å²) >= 11 is 11.5. The van der Waals surface area contributed by atoms with Gasteiger partial charge >= 0.3 is 6.18 Å². The highest BCUT2D eigenvalue weighted by molar-refractivity contribution is 7.92. The van der Waals surface area contributed by atoms with Crippen molar-refractivity contribution in [1.82, 2.24) is 0 Å². The molecule has 0 aliphatic carbocycles. The summed E-state index contributed by atoms with van der Waals surface area (Å²) < 4.78 is 92.1. The summed E-state index contributed by atoms with van der Waals surface area (Å²) in [6.07, 6.45) is -3.85. The van der Waals surface area contributed by atoms with Crippen molar-refractivity contribution in [2.75, 3.05) is 27.1 Å². The van der Waals surface area contributed by atoms with Crippen LogP contribution in [-0.2, 0) is 31.0 Å². The highest BCUT2D eigenvalue weighted by Crippen LogP contribution is 2.36. The number of halogens is 5. The van der Waals surface area contributed by atoms with E-state index in [9.17, 15) is 34.8 Å². The van der Waals surface area contributed by atoms with Crippen LogP contribution in [0, 0.1) is 6.92 Å². The lowest BCUT2D eigenvalue weighted by Gasteiger charge is -2.24. The number of amides is 1. The summed E-state index contributed by atoms with van der Waals surface area (Å²) in [5.41, 5.74) is -0.614. The average Bonchev–Trinajstić information content (AvgIpc) is 2.79. The molecule has 3 aromatic carbocycles. The normalized spacial score (nSPS) is 12.2. The van der Waals surface area contributed by atoms with Crippen molar-refractivity contribution in [2.24, 2.45) is 0 Å². The van der Waals surface area contributed by atoms with Crippen LogP contribution in [0.5, 0.6) is 0 Å². The minimum Gasteiger partial charge on any atom is -0.325 e. The SMILES string of the molecule is Cc1ccc(Cl)cc1N(CC(=O)Nc1ccc(S(=O)(=O)Nc2ccc(Cl)c(C(F)(F)F)c2)cc1)S(C)(=O)=O. The van der Waals surface area contributed by atoms with Crippen LogP contribution in [0.3, 0.4) is 0 Å². The second-order valence-electron chi connectivity index (χ2n) is 8.07. The smallest absolute Gasteiger partial charge is 0.325 e. The maximum Gasteiger partial charge on any atom is 0.417 e. The molecule has 2 N–H and O–H groups in total. The van der Waals surface area contributed by atoms with Gasteiger partial charge in [-0.05, 0) is 67.1 Å². The first-order valence-corrected chi connectivity index (χ1v) is 14.6. The zero-order chi connectivity index (χ0) is 28.5. The summed E-state index contributed by atoms with van der Waals surface area (Å²) in [6.45, 7) is 1.07. The Hall–Kier alpha value is -3.00. The number of hydrogen-bond acceptors (Lipinski definition) is 5. The van der Waals surface area contributed by atoms with Crippen LogP contribution in [0.25, 0.3) is 0 Å². The van der Waals surface area contributed by atoms with Gasteiger partial charge in [-0.25, -0.2) is 16.8 Å². The summed E-state index contributed by atoms with van der Waals surface area (Å²) in [5, 5.41) is 2.17. The van der Waals surface area contributed by atoms with Crippen LogP contribution in [0.4, 0.5) is 30.2 Å². The zero-order valence-corrected chi connectivity index (χ0v) is 22.8. The van der Waals surface area contributed by atoms with Crippen LogP contribution in [0.2, 0.25) is 10.0 Å². The number of carbonyl (C=O) groups excluding carboxylic acids is 1. The zero-order valence-electron chi connectivity index (χ0n) is 19.7. The summed E-state index contributed by atoms with van der Waals surface area (Å²) in [7, 11) is -8.16. The lowest BCUT2D eigenvalue weighted by atomic mass is 10.2. The lowest BCUT2D eigenvalue weighted by Crippen LogP contribution is -2.37. The number of anilines is 3. The van der Waals surface area contributed by atoms with E-state index in [1.165, 1.54) is 18.2 Å². The molecule has 0 radical (unpaired) electrons. The number of sulfonamides is 2. The van der Waals surface area contributed by atoms with Gasteiger partial charge in [-0.15, -0.1) is 0 Å². The molecule has 0 aromatic heterocycles. The third-order valence-electron chi connectivity index (χ3n) is 5.10.